The van der Waals surface area contributed by atoms with Gasteiger partial charge in [0.1, 0.15) is 11.6 Å². The second-order valence-electron chi connectivity index (χ2n) is 5.80. The molecule has 2 aromatic carbocycles. The maximum absolute atomic E-state index is 14.2. The normalized spacial score (nSPS) is 16.7. The number of hydrogen-bond donors (Lipinski definition) is 0. The molecule has 2 aromatic rings. The van der Waals surface area contributed by atoms with E-state index in [0.29, 0.717) is 5.75 Å². The first kappa shape index (κ1) is 15.0. The average molecular weight is 303 g/mol. The third-order valence-corrected chi connectivity index (χ3v) is 4.17. The Kier molecular flexibility index (Phi) is 4.39. The summed E-state index contributed by atoms with van der Waals surface area (Å²) in [6, 6.07) is 10.8. The van der Waals surface area contributed by atoms with Crippen LogP contribution in [0.25, 0.3) is 0 Å². The van der Waals surface area contributed by atoms with Crippen LogP contribution in [0.5, 0.6) is 11.5 Å². The second kappa shape index (κ2) is 6.44. The number of likely N-dealkylation sites (tertiary alicyclic amines) is 1. The molecule has 116 valence electrons. The minimum atomic E-state index is -0.402. The third kappa shape index (κ3) is 3.28. The predicted molar refractivity (Wildman–Crippen MR) is 82.3 cm³/mol. The summed E-state index contributed by atoms with van der Waals surface area (Å²) in [5, 5.41) is 0. The molecule has 22 heavy (non-hydrogen) atoms. The van der Waals surface area contributed by atoms with Crippen LogP contribution in [0.4, 0.5) is 8.78 Å². The van der Waals surface area contributed by atoms with Gasteiger partial charge in [-0.3, -0.25) is 0 Å². The lowest BCUT2D eigenvalue weighted by molar-refractivity contribution is 0.252. The molecular formula is C18H19F2NO. The van der Waals surface area contributed by atoms with E-state index in [1.807, 2.05) is 6.07 Å². The molecule has 1 fully saturated rings. The molecule has 2 nitrogen and oxygen atoms in total. The number of nitrogens with zero attached hydrogens (tertiary/aromatic N) is 1. The Hall–Kier alpha value is -1.94. The highest BCUT2D eigenvalue weighted by Gasteiger charge is 2.23. The van der Waals surface area contributed by atoms with Crippen LogP contribution in [0.3, 0.4) is 0 Å². The van der Waals surface area contributed by atoms with Gasteiger partial charge in [-0.25, -0.2) is 8.78 Å². The Morgan fingerprint density at radius 3 is 2.50 bits per heavy atom. The first-order chi connectivity index (χ1) is 10.6. The van der Waals surface area contributed by atoms with Gasteiger partial charge in [-0.05, 0) is 57.1 Å². The second-order valence-corrected chi connectivity index (χ2v) is 5.80. The van der Waals surface area contributed by atoms with Gasteiger partial charge in [0.25, 0.3) is 0 Å². The van der Waals surface area contributed by atoms with Crippen LogP contribution in [-0.4, -0.2) is 25.0 Å². The average Bonchev–Trinajstić information content (AvgIpc) is 2.50. The lowest BCUT2D eigenvalue weighted by Gasteiger charge is -2.30. The highest BCUT2D eigenvalue weighted by molar-refractivity contribution is 5.41. The summed E-state index contributed by atoms with van der Waals surface area (Å²) in [6.07, 6.45) is 1.94. The molecule has 4 heteroatoms. The number of rotatable bonds is 3. The van der Waals surface area contributed by atoms with Crippen molar-refractivity contribution in [3.63, 3.8) is 0 Å². The number of para-hydroxylation sites is 1. The van der Waals surface area contributed by atoms with Crippen molar-refractivity contribution < 1.29 is 13.5 Å². The standard InChI is InChI=1S/C18H19F2NO/c1-21-10-8-13(9-11-21)16-6-3-7-17(20)18(16)22-15-5-2-4-14(19)12-15/h2-7,12-13H,8-11H2,1H3. The Morgan fingerprint density at radius 1 is 1.05 bits per heavy atom. The van der Waals surface area contributed by atoms with Crippen LogP contribution >= 0.6 is 0 Å². The fourth-order valence-corrected chi connectivity index (χ4v) is 2.92. The lowest BCUT2D eigenvalue weighted by Crippen LogP contribution is -2.29. The van der Waals surface area contributed by atoms with E-state index in [4.69, 9.17) is 4.74 Å². The van der Waals surface area contributed by atoms with Gasteiger partial charge in [-0.1, -0.05) is 18.2 Å². The Labute approximate surface area is 129 Å². The number of hydrogen-bond acceptors (Lipinski definition) is 2. The van der Waals surface area contributed by atoms with E-state index in [1.165, 1.54) is 18.2 Å². The molecule has 0 aliphatic carbocycles. The van der Waals surface area contributed by atoms with Crippen LogP contribution in [0.1, 0.15) is 24.3 Å². The first-order valence-electron chi connectivity index (χ1n) is 7.54. The van der Waals surface area contributed by atoms with Gasteiger partial charge in [0.05, 0.1) is 0 Å². The number of ether oxygens (including phenoxy) is 1. The van der Waals surface area contributed by atoms with E-state index >= 15 is 0 Å². The van der Waals surface area contributed by atoms with Crippen molar-refractivity contribution >= 4 is 0 Å². The molecule has 0 N–H and O–H groups in total. The van der Waals surface area contributed by atoms with Gasteiger partial charge >= 0.3 is 0 Å². The maximum atomic E-state index is 14.2. The van der Waals surface area contributed by atoms with E-state index in [-0.39, 0.29) is 11.7 Å². The van der Waals surface area contributed by atoms with Crippen molar-refractivity contribution in [1.29, 1.82) is 0 Å². The van der Waals surface area contributed by atoms with Crippen molar-refractivity contribution in [2.45, 2.75) is 18.8 Å². The molecule has 1 aliphatic rings. The van der Waals surface area contributed by atoms with Gasteiger partial charge < -0.3 is 9.64 Å². The third-order valence-electron chi connectivity index (χ3n) is 4.17. The Bertz CT molecular complexity index is 651. The number of halogens is 2. The maximum Gasteiger partial charge on any atom is 0.166 e. The minimum absolute atomic E-state index is 0.225. The smallest absolute Gasteiger partial charge is 0.166 e. The summed E-state index contributed by atoms with van der Waals surface area (Å²) in [5.41, 5.74) is 0.873. The van der Waals surface area contributed by atoms with Crippen LogP contribution in [-0.2, 0) is 0 Å². The molecule has 0 amide bonds. The zero-order valence-electron chi connectivity index (χ0n) is 12.6. The van der Waals surface area contributed by atoms with Gasteiger partial charge in [-0.15, -0.1) is 0 Å². The van der Waals surface area contributed by atoms with Crippen molar-refractivity contribution in [3.05, 3.63) is 59.7 Å². The quantitative estimate of drug-likeness (QED) is 0.824. The zero-order valence-corrected chi connectivity index (χ0v) is 12.6. The van der Waals surface area contributed by atoms with Crippen LogP contribution in [0.2, 0.25) is 0 Å². The monoisotopic (exact) mass is 303 g/mol. The Balaban J connectivity index is 1.90. The van der Waals surface area contributed by atoms with Crippen molar-refractivity contribution in [1.82, 2.24) is 4.90 Å². The van der Waals surface area contributed by atoms with E-state index in [2.05, 4.69) is 11.9 Å². The van der Waals surface area contributed by atoms with Crippen LogP contribution in [0, 0.1) is 11.6 Å². The Morgan fingerprint density at radius 2 is 1.77 bits per heavy atom. The SMILES string of the molecule is CN1CCC(c2cccc(F)c2Oc2cccc(F)c2)CC1. The summed E-state index contributed by atoms with van der Waals surface area (Å²) in [7, 11) is 2.09. The van der Waals surface area contributed by atoms with Crippen molar-refractivity contribution in [3.8, 4) is 11.5 Å². The van der Waals surface area contributed by atoms with Gasteiger partial charge in [0, 0.05) is 11.6 Å². The number of piperidine rings is 1. The predicted octanol–water partition coefficient (Wildman–Crippen LogP) is 4.57. The fraction of sp³-hybridized carbons (Fsp3) is 0.333. The van der Waals surface area contributed by atoms with E-state index in [9.17, 15) is 8.78 Å². The van der Waals surface area contributed by atoms with E-state index in [1.54, 1.807) is 18.2 Å². The minimum Gasteiger partial charge on any atom is -0.454 e. The lowest BCUT2D eigenvalue weighted by atomic mass is 9.89. The summed E-state index contributed by atoms with van der Waals surface area (Å²) in [4.78, 5) is 2.27. The van der Waals surface area contributed by atoms with E-state index in [0.717, 1.165) is 31.5 Å². The molecule has 0 spiro atoms. The van der Waals surface area contributed by atoms with Crippen molar-refractivity contribution in [2.24, 2.45) is 0 Å². The first-order valence-corrected chi connectivity index (χ1v) is 7.54. The molecule has 3 rings (SSSR count). The van der Waals surface area contributed by atoms with Crippen LogP contribution < -0.4 is 4.74 Å². The number of benzene rings is 2. The molecule has 0 saturated carbocycles. The van der Waals surface area contributed by atoms with E-state index < -0.39 is 11.6 Å². The van der Waals surface area contributed by atoms with Crippen molar-refractivity contribution in [2.75, 3.05) is 20.1 Å². The molecule has 0 bridgehead atoms. The van der Waals surface area contributed by atoms with Gasteiger partial charge in [-0.2, -0.15) is 0 Å². The molecule has 0 aromatic heterocycles. The molecule has 0 unspecified atom stereocenters. The molecule has 0 radical (unpaired) electrons. The summed E-state index contributed by atoms with van der Waals surface area (Å²) >= 11 is 0. The largest absolute Gasteiger partial charge is 0.454 e. The topological polar surface area (TPSA) is 12.5 Å². The molecular weight excluding hydrogens is 284 g/mol. The fourth-order valence-electron chi connectivity index (χ4n) is 2.92. The summed E-state index contributed by atoms with van der Waals surface area (Å²) in [6.45, 7) is 1.97. The summed E-state index contributed by atoms with van der Waals surface area (Å²) < 4.78 is 33.2. The molecule has 1 aliphatic heterocycles. The van der Waals surface area contributed by atoms with Crippen LogP contribution in [0.15, 0.2) is 42.5 Å². The molecule has 1 saturated heterocycles. The molecule has 1 heterocycles. The highest BCUT2D eigenvalue weighted by Crippen LogP contribution is 2.37. The summed E-state index contributed by atoms with van der Waals surface area (Å²) in [5.74, 6) is 0.0211. The molecule has 0 atom stereocenters. The van der Waals surface area contributed by atoms with Gasteiger partial charge in [0.15, 0.2) is 11.6 Å². The zero-order chi connectivity index (χ0) is 15.5. The van der Waals surface area contributed by atoms with Gasteiger partial charge in [0.2, 0.25) is 0 Å². The highest BCUT2D eigenvalue weighted by atomic mass is 19.1.